The first-order valence-electron chi connectivity index (χ1n) is 9.85. The monoisotopic (exact) mass is 437 g/mol. The summed E-state index contributed by atoms with van der Waals surface area (Å²) in [6, 6.07) is 14.7. The number of carbonyl (C=O) groups is 2. The van der Waals surface area contributed by atoms with Gasteiger partial charge in [0.1, 0.15) is 5.76 Å². The standard InChI is InChI=1S/C23H23N3O4S/c1-3-11-30-19(27)14-31-23-17(13-24)21(18-10-7-12-29-18)20(15(2)25-23)22(28)26-16-8-5-4-6-9-16/h4-10,12,21,25H,3,11,14H2,1-2H3,(H,26,28)/t21-/m1/s1. The molecule has 0 fully saturated rings. The molecule has 2 aromatic rings. The first kappa shape index (κ1) is 22.2. The SMILES string of the molecule is CCCOC(=O)CSC1=C(C#N)[C@H](c2ccco2)C(C(=O)Nc2ccccc2)=C(C)N1. The fourth-order valence-corrected chi connectivity index (χ4v) is 4.07. The third-order valence-corrected chi connectivity index (χ3v) is 5.54. The van der Waals surface area contributed by atoms with Crippen molar-refractivity contribution in [3.05, 3.63) is 76.4 Å². The lowest BCUT2D eigenvalue weighted by molar-refractivity contribution is -0.140. The van der Waals surface area contributed by atoms with Crippen LogP contribution in [0.15, 0.2) is 75.0 Å². The maximum atomic E-state index is 13.2. The number of allylic oxidation sites excluding steroid dienone is 2. The Kier molecular flexibility index (Phi) is 7.57. The van der Waals surface area contributed by atoms with Crippen molar-refractivity contribution < 1.29 is 18.7 Å². The number of dihydropyridines is 1. The van der Waals surface area contributed by atoms with Gasteiger partial charge in [-0.05, 0) is 37.6 Å². The second kappa shape index (κ2) is 10.5. The zero-order chi connectivity index (χ0) is 22.2. The fourth-order valence-electron chi connectivity index (χ4n) is 3.18. The van der Waals surface area contributed by atoms with Crippen LogP contribution in [0.1, 0.15) is 31.9 Å². The number of carbonyl (C=O) groups excluding carboxylic acids is 2. The summed E-state index contributed by atoms with van der Waals surface area (Å²) in [5, 5.41) is 16.4. The fraction of sp³-hybridized carbons (Fsp3) is 0.261. The number of nitriles is 1. The normalized spacial score (nSPS) is 15.8. The summed E-state index contributed by atoms with van der Waals surface area (Å²) in [6.45, 7) is 4.04. The van der Waals surface area contributed by atoms with Crippen LogP contribution in [0.2, 0.25) is 0 Å². The van der Waals surface area contributed by atoms with Gasteiger partial charge < -0.3 is 19.8 Å². The van der Waals surface area contributed by atoms with Gasteiger partial charge >= 0.3 is 5.97 Å². The number of nitrogens with one attached hydrogen (secondary N) is 2. The van der Waals surface area contributed by atoms with Crippen molar-refractivity contribution in [3.8, 4) is 6.07 Å². The minimum Gasteiger partial charge on any atom is -0.468 e. The van der Waals surface area contributed by atoms with Gasteiger partial charge in [0.25, 0.3) is 5.91 Å². The molecular weight excluding hydrogens is 414 g/mol. The molecule has 0 radical (unpaired) electrons. The van der Waals surface area contributed by atoms with Crippen molar-refractivity contribution in [2.45, 2.75) is 26.2 Å². The van der Waals surface area contributed by atoms with E-state index in [1.807, 2.05) is 25.1 Å². The van der Waals surface area contributed by atoms with Crippen LogP contribution in [0, 0.1) is 11.3 Å². The van der Waals surface area contributed by atoms with Gasteiger partial charge in [0.2, 0.25) is 0 Å². The number of hydrogen-bond acceptors (Lipinski definition) is 7. The molecule has 7 nitrogen and oxygen atoms in total. The van der Waals surface area contributed by atoms with E-state index in [4.69, 9.17) is 9.15 Å². The van der Waals surface area contributed by atoms with E-state index in [-0.39, 0.29) is 17.6 Å². The Morgan fingerprint density at radius 3 is 2.68 bits per heavy atom. The number of ether oxygens (including phenoxy) is 1. The number of para-hydroxylation sites is 1. The molecule has 1 aromatic carbocycles. The number of anilines is 1. The molecule has 0 unspecified atom stereocenters. The van der Waals surface area contributed by atoms with Gasteiger partial charge in [0.05, 0.1) is 46.8 Å². The molecule has 160 valence electrons. The molecule has 1 aliphatic rings. The summed E-state index contributed by atoms with van der Waals surface area (Å²) in [5.41, 5.74) is 1.92. The van der Waals surface area contributed by atoms with Gasteiger partial charge in [-0.25, -0.2) is 0 Å². The second-order valence-corrected chi connectivity index (χ2v) is 7.78. The van der Waals surface area contributed by atoms with Gasteiger partial charge in [0.15, 0.2) is 0 Å². The lowest BCUT2D eigenvalue weighted by atomic mass is 9.85. The molecule has 0 aliphatic carbocycles. The van der Waals surface area contributed by atoms with Gasteiger partial charge in [0, 0.05) is 11.4 Å². The predicted molar refractivity (Wildman–Crippen MR) is 119 cm³/mol. The highest BCUT2D eigenvalue weighted by Gasteiger charge is 2.36. The summed E-state index contributed by atoms with van der Waals surface area (Å²) in [7, 11) is 0. The molecule has 1 amide bonds. The van der Waals surface area contributed by atoms with Gasteiger partial charge in [-0.3, -0.25) is 9.59 Å². The minimum absolute atomic E-state index is 0.0528. The Bertz CT molecular complexity index is 1040. The molecule has 0 spiro atoms. The van der Waals surface area contributed by atoms with Crippen molar-refractivity contribution in [2.24, 2.45) is 0 Å². The van der Waals surface area contributed by atoms with Crippen LogP contribution < -0.4 is 10.6 Å². The molecule has 3 rings (SSSR count). The maximum absolute atomic E-state index is 13.2. The predicted octanol–water partition coefficient (Wildman–Crippen LogP) is 4.30. The van der Waals surface area contributed by atoms with Gasteiger partial charge in [-0.15, -0.1) is 0 Å². The Morgan fingerprint density at radius 1 is 1.26 bits per heavy atom. The van der Waals surface area contributed by atoms with E-state index in [9.17, 15) is 14.9 Å². The average Bonchev–Trinajstić information content (AvgIpc) is 3.30. The molecule has 0 saturated carbocycles. The highest BCUT2D eigenvalue weighted by Crippen LogP contribution is 2.41. The van der Waals surface area contributed by atoms with Crippen LogP contribution in [0.4, 0.5) is 5.69 Å². The lowest BCUT2D eigenvalue weighted by Crippen LogP contribution is -2.30. The Labute approximate surface area is 185 Å². The molecule has 31 heavy (non-hydrogen) atoms. The molecule has 1 aliphatic heterocycles. The Balaban J connectivity index is 1.91. The summed E-state index contributed by atoms with van der Waals surface area (Å²) >= 11 is 1.18. The van der Waals surface area contributed by atoms with Crippen LogP contribution in [0.3, 0.4) is 0 Å². The van der Waals surface area contributed by atoms with Crippen LogP contribution >= 0.6 is 11.8 Å². The highest BCUT2D eigenvalue weighted by molar-refractivity contribution is 8.03. The van der Waals surface area contributed by atoms with Crippen LogP contribution in [0.5, 0.6) is 0 Å². The third kappa shape index (κ3) is 5.38. The van der Waals surface area contributed by atoms with Gasteiger partial charge in [-0.2, -0.15) is 5.26 Å². The number of esters is 1. The zero-order valence-electron chi connectivity index (χ0n) is 17.3. The van der Waals surface area contributed by atoms with E-state index >= 15 is 0 Å². The number of amides is 1. The first-order valence-corrected chi connectivity index (χ1v) is 10.8. The van der Waals surface area contributed by atoms with Crippen molar-refractivity contribution in [3.63, 3.8) is 0 Å². The van der Waals surface area contributed by atoms with E-state index < -0.39 is 5.92 Å². The highest BCUT2D eigenvalue weighted by atomic mass is 32.2. The Hall–Kier alpha value is -3.44. The number of benzene rings is 1. The van der Waals surface area contributed by atoms with E-state index in [0.717, 1.165) is 6.42 Å². The third-order valence-electron chi connectivity index (χ3n) is 4.55. The van der Waals surface area contributed by atoms with Crippen molar-refractivity contribution in [1.29, 1.82) is 5.26 Å². The summed E-state index contributed by atoms with van der Waals surface area (Å²) in [4.78, 5) is 25.1. The molecule has 0 bridgehead atoms. The summed E-state index contributed by atoms with van der Waals surface area (Å²) < 4.78 is 10.7. The quantitative estimate of drug-likeness (QED) is 0.593. The van der Waals surface area contributed by atoms with E-state index in [1.165, 1.54) is 18.0 Å². The van der Waals surface area contributed by atoms with Crippen molar-refractivity contribution in [2.75, 3.05) is 17.7 Å². The number of thioether (sulfide) groups is 1. The topological polar surface area (TPSA) is 104 Å². The second-order valence-electron chi connectivity index (χ2n) is 6.80. The maximum Gasteiger partial charge on any atom is 0.316 e. The number of rotatable bonds is 8. The largest absolute Gasteiger partial charge is 0.468 e. The smallest absolute Gasteiger partial charge is 0.316 e. The number of hydrogen-bond donors (Lipinski definition) is 2. The van der Waals surface area contributed by atoms with Crippen molar-refractivity contribution >= 4 is 29.3 Å². The summed E-state index contributed by atoms with van der Waals surface area (Å²) in [6.07, 6.45) is 2.24. The molecule has 2 heterocycles. The zero-order valence-corrected chi connectivity index (χ0v) is 18.1. The van der Waals surface area contributed by atoms with E-state index in [2.05, 4.69) is 16.7 Å². The number of nitrogens with zero attached hydrogens (tertiary/aromatic N) is 1. The van der Waals surface area contributed by atoms with E-state index in [0.29, 0.717) is 39.9 Å². The van der Waals surface area contributed by atoms with Crippen molar-refractivity contribution in [1.82, 2.24) is 5.32 Å². The van der Waals surface area contributed by atoms with Crippen LogP contribution in [0.25, 0.3) is 0 Å². The summed E-state index contributed by atoms with van der Waals surface area (Å²) in [5.74, 6) is -0.864. The Morgan fingerprint density at radius 2 is 2.03 bits per heavy atom. The molecule has 2 N–H and O–H groups in total. The average molecular weight is 438 g/mol. The minimum atomic E-state index is -0.695. The molecule has 1 atom stereocenters. The molecule has 1 aromatic heterocycles. The number of furan rings is 1. The molecule has 0 saturated heterocycles. The molecular formula is C23H23N3O4S. The van der Waals surface area contributed by atoms with E-state index in [1.54, 1.807) is 31.2 Å². The van der Waals surface area contributed by atoms with Crippen LogP contribution in [-0.4, -0.2) is 24.2 Å². The van der Waals surface area contributed by atoms with Crippen LogP contribution in [-0.2, 0) is 14.3 Å². The van der Waals surface area contributed by atoms with Gasteiger partial charge in [-0.1, -0.05) is 36.9 Å². The molecule has 8 heteroatoms. The first-order chi connectivity index (χ1) is 15.0. The lowest BCUT2D eigenvalue weighted by Gasteiger charge is -2.28.